The maximum atomic E-state index is 12.5. The molecule has 3 rings (SSSR count). The van der Waals surface area contributed by atoms with Crippen molar-refractivity contribution >= 4 is 28.0 Å². The highest BCUT2D eigenvalue weighted by atomic mass is 32.1. The fourth-order valence-electron chi connectivity index (χ4n) is 3.06. The largest absolute Gasteiger partial charge is 0.332 e. The summed E-state index contributed by atoms with van der Waals surface area (Å²) in [5.41, 5.74) is 0.0469. The fourth-order valence-corrected chi connectivity index (χ4v) is 3.76. The van der Waals surface area contributed by atoms with E-state index >= 15 is 0 Å². The Hall–Kier alpha value is -1.76. The first-order valence-corrected chi connectivity index (χ1v) is 7.46. The van der Waals surface area contributed by atoms with Gasteiger partial charge in [0.05, 0.1) is 16.0 Å². The summed E-state index contributed by atoms with van der Waals surface area (Å²) in [5, 5.41) is 12.2. The normalized spacial score (nSPS) is 20.8. The van der Waals surface area contributed by atoms with Crippen molar-refractivity contribution in [3.05, 3.63) is 27.1 Å². The molecule has 106 valence electrons. The highest BCUT2D eigenvalue weighted by Crippen LogP contribution is 2.44. The Balaban J connectivity index is 1.85. The van der Waals surface area contributed by atoms with Gasteiger partial charge in [0.1, 0.15) is 5.78 Å². The average molecular weight is 294 g/mol. The molecule has 1 saturated carbocycles. The van der Waals surface area contributed by atoms with E-state index in [1.54, 1.807) is 4.90 Å². The summed E-state index contributed by atoms with van der Waals surface area (Å²) in [6.07, 6.45) is 3.57. The molecule has 1 spiro atoms. The zero-order chi connectivity index (χ0) is 14.3. The number of nitro groups is 1. The number of ketones is 1. The van der Waals surface area contributed by atoms with Crippen LogP contribution >= 0.6 is 11.3 Å². The van der Waals surface area contributed by atoms with Crippen LogP contribution in [0.15, 0.2) is 11.4 Å². The van der Waals surface area contributed by atoms with E-state index in [4.69, 9.17) is 0 Å². The maximum absolute atomic E-state index is 12.5. The quantitative estimate of drug-likeness (QED) is 0.619. The monoisotopic (exact) mass is 294 g/mol. The highest BCUT2D eigenvalue weighted by molar-refractivity contribution is 7.13. The number of hydrogen-bond donors (Lipinski definition) is 0. The number of amides is 1. The molecule has 7 heteroatoms. The van der Waals surface area contributed by atoms with Crippen molar-refractivity contribution in [2.75, 3.05) is 6.54 Å². The van der Waals surface area contributed by atoms with E-state index in [0.29, 0.717) is 24.9 Å². The number of hydrogen-bond acceptors (Lipinski definition) is 5. The van der Waals surface area contributed by atoms with Crippen LogP contribution < -0.4 is 0 Å². The van der Waals surface area contributed by atoms with Crippen molar-refractivity contribution in [3.63, 3.8) is 0 Å². The maximum Gasteiger partial charge on any atom is 0.324 e. The number of carbonyl (C=O) groups is 2. The van der Waals surface area contributed by atoms with Gasteiger partial charge >= 0.3 is 5.00 Å². The highest BCUT2D eigenvalue weighted by Gasteiger charge is 2.48. The van der Waals surface area contributed by atoms with Crippen LogP contribution in [0.2, 0.25) is 0 Å². The summed E-state index contributed by atoms with van der Waals surface area (Å²) in [7, 11) is 0. The van der Waals surface area contributed by atoms with Crippen LogP contribution in [0.3, 0.4) is 0 Å². The Labute approximate surface area is 119 Å². The lowest BCUT2D eigenvalue weighted by atomic mass is 9.69. The van der Waals surface area contributed by atoms with Gasteiger partial charge in [-0.2, -0.15) is 0 Å². The lowest BCUT2D eigenvalue weighted by Crippen LogP contribution is -2.60. The van der Waals surface area contributed by atoms with Crippen LogP contribution in [0.5, 0.6) is 0 Å². The van der Waals surface area contributed by atoms with Crippen molar-refractivity contribution in [1.82, 2.24) is 4.90 Å². The molecule has 0 N–H and O–H groups in total. The molecule has 1 aromatic heterocycles. The predicted molar refractivity (Wildman–Crippen MR) is 72.8 cm³/mol. The molecule has 0 bridgehead atoms. The van der Waals surface area contributed by atoms with Gasteiger partial charge in [0.25, 0.3) is 5.91 Å². The standard InChI is InChI=1S/C13H14N2O4S/c16-10-2-5-14(13(7-10)3-1-4-13)12(17)9-6-11(15(18)19)20-8-9/h6,8H,1-5,7H2. The molecule has 2 aliphatic rings. The van der Waals surface area contributed by atoms with Gasteiger partial charge in [-0.3, -0.25) is 19.7 Å². The van der Waals surface area contributed by atoms with E-state index in [-0.39, 0.29) is 22.2 Å². The van der Waals surface area contributed by atoms with E-state index < -0.39 is 4.92 Å². The average Bonchev–Trinajstić information content (AvgIpc) is 2.85. The summed E-state index contributed by atoms with van der Waals surface area (Å²) < 4.78 is 0. The molecule has 0 radical (unpaired) electrons. The first-order chi connectivity index (χ1) is 9.52. The molecular formula is C13H14N2O4S. The summed E-state index contributed by atoms with van der Waals surface area (Å²) in [6.45, 7) is 0.432. The first-order valence-electron chi connectivity index (χ1n) is 6.58. The third-order valence-electron chi connectivity index (χ3n) is 4.25. The van der Waals surface area contributed by atoms with Crippen LogP contribution in [-0.4, -0.2) is 33.6 Å². The molecule has 0 atom stereocenters. The Morgan fingerprint density at radius 1 is 1.45 bits per heavy atom. The number of carbonyl (C=O) groups excluding carboxylic acids is 2. The van der Waals surface area contributed by atoms with Crippen LogP contribution in [0.25, 0.3) is 0 Å². The van der Waals surface area contributed by atoms with Gasteiger partial charge in [0, 0.05) is 30.8 Å². The van der Waals surface area contributed by atoms with Crippen LogP contribution in [0, 0.1) is 10.1 Å². The van der Waals surface area contributed by atoms with Crippen molar-refractivity contribution < 1.29 is 14.5 Å². The number of piperidine rings is 1. The number of nitrogens with zero attached hydrogens (tertiary/aromatic N) is 2. The molecule has 2 fully saturated rings. The fraction of sp³-hybridized carbons (Fsp3) is 0.538. The van der Waals surface area contributed by atoms with Crippen molar-refractivity contribution in [2.24, 2.45) is 0 Å². The van der Waals surface area contributed by atoms with Gasteiger partial charge in [0.15, 0.2) is 0 Å². The van der Waals surface area contributed by atoms with Crippen molar-refractivity contribution in [1.29, 1.82) is 0 Å². The van der Waals surface area contributed by atoms with Gasteiger partial charge in [0.2, 0.25) is 0 Å². The Kier molecular flexibility index (Phi) is 3.08. The van der Waals surface area contributed by atoms with Gasteiger partial charge < -0.3 is 4.90 Å². The van der Waals surface area contributed by atoms with E-state index in [1.165, 1.54) is 11.4 Å². The molecule has 1 saturated heterocycles. The second-order valence-electron chi connectivity index (χ2n) is 5.43. The van der Waals surface area contributed by atoms with Gasteiger partial charge in [-0.25, -0.2) is 0 Å². The summed E-state index contributed by atoms with van der Waals surface area (Å²) >= 11 is 0.963. The Bertz CT molecular complexity index is 591. The van der Waals surface area contributed by atoms with Crippen molar-refractivity contribution in [3.8, 4) is 0 Å². The van der Waals surface area contributed by atoms with Crippen LogP contribution in [0.1, 0.15) is 42.5 Å². The lowest BCUT2D eigenvalue weighted by molar-refractivity contribution is -0.380. The second kappa shape index (κ2) is 4.66. The zero-order valence-corrected chi connectivity index (χ0v) is 11.6. The third-order valence-corrected chi connectivity index (χ3v) is 5.14. The minimum absolute atomic E-state index is 0.0240. The topological polar surface area (TPSA) is 80.5 Å². The molecule has 0 aromatic carbocycles. The molecular weight excluding hydrogens is 280 g/mol. The summed E-state index contributed by atoms with van der Waals surface area (Å²) in [6, 6.07) is 1.33. The predicted octanol–water partition coefficient (Wildman–Crippen LogP) is 2.38. The Morgan fingerprint density at radius 2 is 2.20 bits per heavy atom. The third kappa shape index (κ3) is 2.02. The molecule has 2 heterocycles. The lowest BCUT2D eigenvalue weighted by Gasteiger charge is -2.52. The molecule has 1 aliphatic heterocycles. The number of rotatable bonds is 2. The van der Waals surface area contributed by atoms with E-state index in [2.05, 4.69) is 0 Å². The first kappa shape index (κ1) is 13.2. The zero-order valence-electron chi connectivity index (χ0n) is 10.8. The van der Waals surface area contributed by atoms with Crippen LogP contribution in [-0.2, 0) is 4.79 Å². The summed E-state index contributed by atoms with van der Waals surface area (Å²) in [5.74, 6) is 0.0339. The second-order valence-corrected chi connectivity index (χ2v) is 6.32. The number of thiophene rings is 1. The van der Waals surface area contributed by atoms with Gasteiger partial charge in [-0.05, 0) is 19.3 Å². The van der Waals surface area contributed by atoms with Crippen molar-refractivity contribution in [2.45, 2.75) is 37.6 Å². The van der Waals surface area contributed by atoms with Crippen LogP contribution in [0.4, 0.5) is 5.00 Å². The van der Waals surface area contributed by atoms with E-state index in [0.717, 1.165) is 30.6 Å². The molecule has 1 aliphatic carbocycles. The Morgan fingerprint density at radius 3 is 2.75 bits per heavy atom. The van der Waals surface area contributed by atoms with Gasteiger partial charge in [-0.1, -0.05) is 11.3 Å². The molecule has 1 aromatic rings. The molecule has 0 unspecified atom stereocenters. The van der Waals surface area contributed by atoms with Gasteiger partial charge in [-0.15, -0.1) is 0 Å². The minimum Gasteiger partial charge on any atom is -0.332 e. The number of Topliss-reactive ketones (excluding diaryl/α,β-unsaturated/α-hetero) is 1. The molecule has 6 nitrogen and oxygen atoms in total. The SMILES string of the molecule is O=C1CCN(C(=O)c2csc([N+](=O)[O-])c2)C2(CCC2)C1. The van der Waals surface area contributed by atoms with E-state index in [1.807, 2.05) is 0 Å². The number of likely N-dealkylation sites (tertiary alicyclic amines) is 1. The molecule has 1 amide bonds. The smallest absolute Gasteiger partial charge is 0.324 e. The molecule has 20 heavy (non-hydrogen) atoms. The summed E-state index contributed by atoms with van der Waals surface area (Å²) in [4.78, 5) is 36.2. The minimum atomic E-state index is -0.486. The van der Waals surface area contributed by atoms with E-state index in [9.17, 15) is 19.7 Å².